The van der Waals surface area contributed by atoms with Crippen molar-refractivity contribution in [2.24, 2.45) is 0 Å². The quantitative estimate of drug-likeness (QED) is 0.647. The lowest BCUT2D eigenvalue weighted by molar-refractivity contribution is 0.492. The summed E-state index contributed by atoms with van der Waals surface area (Å²) in [5.74, 6) is -1.69. The minimum Gasteiger partial charge on any atom is -0.242 e. The average molecular weight is 371 g/mol. The van der Waals surface area contributed by atoms with Crippen molar-refractivity contribution in [3.8, 4) is 0 Å². The van der Waals surface area contributed by atoms with Crippen molar-refractivity contribution in [1.29, 1.82) is 0 Å². The Bertz CT molecular complexity index is 755. The van der Waals surface area contributed by atoms with Gasteiger partial charge in [-0.1, -0.05) is 12.1 Å². The third kappa shape index (κ3) is 2.20. The summed E-state index contributed by atoms with van der Waals surface area (Å²) in [6.07, 6.45) is 1.65. The third-order valence-electron chi connectivity index (χ3n) is 2.81. The first-order valence-electron chi connectivity index (χ1n) is 5.57. The van der Waals surface area contributed by atoms with E-state index in [0.29, 0.717) is 5.65 Å². The summed E-state index contributed by atoms with van der Waals surface area (Å²) in [7, 11) is 0. The number of halogens is 3. The Morgan fingerprint density at radius 3 is 2.84 bits per heavy atom. The second-order valence-corrected chi connectivity index (χ2v) is 5.06. The Morgan fingerprint density at radius 1 is 1.16 bits per heavy atom. The standard InChI is InChI=1S/C13H8F2IN3/c14-10-5-1-3-8(11(10)15)7-19-13-9(12(16)18-19)4-2-6-17-13/h1-6H,7H2. The highest BCUT2D eigenvalue weighted by atomic mass is 127. The molecule has 6 heteroatoms. The Kier molecular flexibility index (Phi) is 3.17. The highest BCUT2D eigenvalue weighted by Gasteiger charge is 2.13. The molecule has 3 rings (SSSR count). The van der Waals surface area contributed by atoms with Gasteiger partial charge in [-0.05, 0) is 40.8 Å². The number of hydrogen-bond donors (Lipinski definition) is 0. The Balaban J connectivity index is 2.09. The zero-order valence-corrected chi connectivity index (χ0v) is 11.8. The van der Waals surface area contributed by atoms with Crippen LogP contribution in [0.5, 0.6) is 0 Å². The molecule has 0 N–H and O–H groups in total. The van der Waals surface area contributed by atoms with Crippen LogP contribution in [0.1, 0.15) is 5.56 Å². The second-order valence-electron chi connectivity index (χ2n) is 4.04. The molecule has 96 valence electrons. The van der Waals surface area contributed by atoms with Gasteiger partial charge in [-0.3, -0.25) is 0 Å². The maximum atomic E-state index is 13.7. The van der Waals surface area contributed by atoms with Crippen molar-refractivity contribution < 1.29 is 8.78 Å². The molecule has 0 amide bonds. The largest absolute Gasteiger partial charge is 0.242 e. The zero-order chi connectivity index (χ0) is 13.4. The van der Waals surface area contributed by atoms with Crippen LogP contribution in [0.15, 0.2) is 36.5 Å². The van der Waals surface area contributed by atoms with E-state index in [1.807, 2.05) is 12.1 Å². The van der Waals surface area contributed by atoms with Gasteiger partial charge in [0.1, 0.15) is 3.70 Å². The molecule has 0 bridgehead atoms. The summed E-state index contributed by atoms with van der Waals surface area (Å²) >= 11 is 2.10. The molecule has 0 atom stereocenters. The van der Waals surface area contributed by atoms with Gasteiger partial charge in [0.2, 0.25) is 0 Å². The van der Waals surface area contributed by atoms with Crippen molar-refractivity contribution in [2.45, 2.75) is 6.54 Å². The highest BCUT2D eigenvalue weighted by molar-refractivity contribution is 14.1. The topological polar surface area (TPSA) is 30.7 Å². The van der Waals surface area contributed by atoms with Crippen molar-refractivity contribution in [3.05, 3.63) is 57.4 Å². The SMILES string of the molecule is Fc1cccc(Cn2nc(I)c3cccnc32)c1F. The monoisotopic (exact) mass is 371 g/mol. The summed E-state index contributed by atoms with van der Waals surface area (Å²) in [6.45, 7) is 0.153. The number of hydrogen-bond acceptors (Lipinski definition) is 2. The lowest BCUT2D eigenvalue weighted by atomic mass is 10.2. The molecule has 0 fully saturated rings. The molecule has 0 aliphatic rings. The Labute approximate surface area is 121 Å². The molecule has 0 aliphatic carbocycles. The average Bonchev–Trinajstić information content (AvgIpc) is 2.73. The molecule has 0 aliphatic heterocycles. The molecule has 0 saturated carbocycles. The van der Waals surface area contributed by atoms with Crippen LogP contribution in [0.25, 0.3) is 11.0 Å². The van der Waals surface area contributed by atoms with Crippen LogP contribution in [-0.4, -0.2) is 14.8 Å². The van der Waals surface area contributed by atoms with E-state index in [1.54, 1.807) is 16.9 Å². The molecule has 2 aromatic heterocycles. The molecule has 0 radical (unpaired) electrons. The maximum absolute atomic E-state index is 13.7. The van der Waals surface area contributed by atoms with Crippen LogP contribution in [-0.2, 0) is 6.54 Å². The van der Waals surface area contributed by atoms with Crippen molar-refractivity contribution in [1.82, 2.24) is 14.8 Å². The van der Waals surface area contributed by atoms with Gasteiger partial charge >= 0.3 is 0 Å². The lowest BCUT2D eigenvalue weighted by Crippen LogP contribution is -2.05. The van der Waals surface area contributed by atoms with E-state index < -0.39 is 11.6 Å². The Morgan fingerprint density at radius 2 is 2.00 bits per heavy atom. The summed E-state index contributed by atoms with van der Waals surface area (Å²) in [5.41, 5.74) is 0.919. The van der Waals surface area contributed by atoms with E-state index in [4.69, 9.17) is 0 Å². The van der Waals surface area contributed by atoms with Gasteiger partial charge in [-0.2, -0.15) is 5.10 Å². The smallest absolute Gasteiger partial charge is 0.163 e. The van der Waals surface area contributed by atoms with Crippen molar-refractivity contribution in [3.63, 3.8) is 0 Å². The van der Waals surface area contributed by atoms with Crippen LogP contribution in [0.3, 0.4) is 0 Å². The molecule has 2 heterocycles. The number of benzene rings is 1. The van der Waals surface area contributed by atoms with Crippen LogP contribution >= 0.6 is 22.6 Å². The number of rotatable bonds is 2. The molecule has 0 spiro atoms. The summed E-state index contributed by atoms with van der Waals surface area (Å²) in [4.78, 5) is 4.23. The number of fused-ring (bicyclic) bond motifs is 1. The molecule has 0 saturated heterocycles. The van der Waals surface area contributed by atoms with Gasteiger partial charge in [-0.25, -0.2) is 18.4 Å². The summed E-state index contributed by atoms with van der Waals surface area (Å²) < 4.78 is 29.2. The minimum atomic E-state index is -0.850. The number of aromatic nitrogens is 3. The summed E-state index contributed by atoms with van der Waals surface area (Å²) in [6, 6.07) is 7.84. The van der Waals surface area contributed by atoms with Crippen LogP contribution in [0, 0.1) is 15.3 Å². The van der Waals surface area contributed by atoms with E-state index >= 15 is 0 Å². The first-order valence-corrected chi connectivity index (χ1v) is 6.64. The fourth-order valence-electron chi connectivity index (χ4n) is 1.91. The van der Waals surface area contributed by atoms with Crippen LogP contribution in [0.4, 0.5) is 8.78 Å². The third-order valence-corrected chi connectivity index (χ3v) is 3.61. The molecule has 0 unspecified atom stereocenters. The first kappa shape index (κ1) is 12.5. The van der Waals surface area contributed by atoms with E-state index in [9.17, 15) is 8.78 Å². The van der Waals surface area contributed by atoms with Gasteiger partial charge in [-0.15, -0.1) is 0 Å². The first-order chi connectivity index (χ1) is 9.16. The predicted octanol–water partition coefficient (Wildman–Crippen LogP) is 3.36. The molecule has 19 heavy (non-hydrogen) atoms. The molecule has 3 aromatic rings. The number of nitrogens with zero attached hydrogens (tertiary/aromatic N) is 3. The summed E-state index contributed by atoms with van der Waals surface area (Å²) in [5, 5.41) is 5.21. The molecular weight excluding hydrogens is 363 g/mol. The van der Waals surface area contributed by atoms with Crippen LogP contribution in [0.2, 0.25) is 0 Å². The lowest BCUT2D eigenvalue weighted by Gasteiger charge is -2.05. The van der Waals surface area contributed by atoms with Crippen molar-refractivity contribution in [2.75, 3.05) is 0 Å². The van der Waals surface area contributed by atoms with E-state index in [0.717, 1.165) is 15.2 Å². The van der Waals surface area contributed by atoms with E-state index in [2.05, 4.69) is 32.7 Å². The number of pyridine rings is 1. The molecule has 1 aromatic carbocycles. The molecule has 3 nitrogen and oxygen atoms in total. The zero-order valence-electron chi connectivity index (χ0n) is 9.65. The van der Waals surface area contributed by atoms with Crippen molar-refractivity contribution >= 4 is 33.6 Å². The van der Waals surface area contributed by atoms with Gasteiger partial charge in [0.15, 0.2) is 17.3 Å². The maximum Gasteiger partial charge on any atom is 0.163 e. The van der Waals surface area contributed by atoms with Gasteiger partial charge < -0.3 is 0 Å². The van der Waals surface area contributed by atoms with E-state index in [-0.39, 0.29) is 12.1 Å². The fourth-order valence-corrected chi connectivity index (χ4v) is 2.59. The fraction of sp³-hybridized carbons (Fsp3) is 0.0769. The minimum absolute atomic E-state index is 0.153. The normalized spacial score (nSPS) is 11.1. The van der Waals surface area contributed by atoms with Gasteiger partial charge in [0.05, 0.1) is 11.9 Å². The van der Waals surface area contributed by atoms with Crippen LogP contribution < -0.4 is 0 Å². The Hall–Kier alpha value is -1.57. The predicted molar refractivity (Wildman–Crippen MR) is 75.7 cm³/mol. The van der Waals surface area contributed by atoms with Gasteiger partial charge in [0, 0.05) is 11.8 Å². The molecular formula is C13H8F2IN3. The second kappa shape index (κ2) is 4.84. The highest BCUT2D eigenvalue weighted by Crippen LogP contribution is 2.20. The van der Waals surface area contributed by atoms with Gasteiger partial charge in [0.25, 0.3) is 0 Å². The van der Waals surface area contributed by atoms with E-state index in [1.165, 1.54) is 6.07 Å².